The van der Waals surface area contributed by atoms with Crippen LogP contribution in [0.2, 0.25) is 0 Å². The molecule has 5 nitrogen and oxygen atoms in total. The number of hydrogen-bond acceptors (Lipinski definition) is 3. The number of carbonyl (C=O) groups is 2. The first-order valence-corrected chi connectivity index (χ1v) is 8.46. The van der Waals surface area contributed by atoms with Crippen molar-refractivity contribution in [3.63, 3.8) is 0 Å². The summed E-state index contributed by atoms with van der Waals surface area (Å²) >= 11 is 0. The predicted molar refractivity (Wildman–Crippen MR) is 92.7 cm³/mol. The summed E-state index contributed by atoms with van der Waals surface area (Å²) in [6.07, 6.45) is 10.5. The molecule has 23 heavy (non-hydrogen) atoms. The van der Waals surface area contributed by atoms with Gasteiger partial charge in [0, 0.05) is 0 Å². The van der Waals surface area contributed by atoms with Crippen molar-refractivity contribution < 1.29 is 14.3 Å². The first-order valence-electron chi connectivity index (χ1n) is 8.46. The molecule has 128 valence electrons. The van der Waals surface area contributed by atoms with Crippen LogP contribution in [0.5, 0.6) is 5.75 Å². The molecule has 0 spiro atoms. The van der Waals surface area contributed by atoms with Gasteiger partial charge in [0.25, 0.3) is 0 Å². The van der Waals surface area contributed by atoms with Gasteiger partial charge in [-0.3, -0.25) is 4.79 Å². The molecule has 0 unspecified atom stereocenters. The maximum atomic E-state index is 11.1. The van der Waals surface area contributed by atoms with Crippen LogP contribution in [0.15, 0.2) is 24.3 Å². The van der Waals surface area contributed by atoms with Crippen LogP contribution in [0, 0.1) is 0 Å². The fourth-order valence-electron chi connectivity index (χ4n) is 2.37. The smallest absolute Gasteiger partial charge is 0.325 e. The van der Waals surface area contributed by atoms with Gasteiger partial charge in [-0.25, -0.2) is 9.69 Å². The highest BCUT2D eigenvalue weighted by Gasteiger charge is 2.10. The standard InChI is InChI=1S/C18H28N2O3/c1-2-3-4-5-6-7-8-9-14-23-17-12-10-16(11-13-17)20(15-21)18(19)22/h10-13,15H,2-9,14H2,1H3,(H2,19,22). The number of benzene rings is 1. The lowest BCUT2D eigenvalue weighted by Crippen LogP contribution is -2.34. The Balaban J connectivity index is 2.18. The fraction of sp³-hybridized carbons (Fsp3) is 0.556. The molecule has 1 rings (SSSR count). The number of carbonyl (C=O) groups excluding carboxylic acids is 2. The minimum atomic E-state index is -0.799. The molecule has 0 bridgehead atoms. The first kappa shape index (κ1) is 19.0. The Morgan fingerprint density at radius 1 is 1.04 bits per heavy atom. The lowest BCUT2D eigenvalue weighted by atomic mass is 10.1. The fourth-order valence-corrected chi connectivity index (χ4v) is 2.37. The highest BCUT2D eigenvalue weighted by Crippen LogP contribution is 2.19. The number of amides is 3. The Kier molecular flexibility index (Phi) is 9.52. The zero-order valence-electron chi connectivity index (χ0n) is 14.0. The summed E-state index contributed by atoms with van der Waals surface area (Å²) in [6.45, 7) is 2.91. The summed E-state index contributed by atoms with van der Waals surface area (Å²) < 4.78 is 5.66. The van der Waals surface area contributed by atoms with E-state index in [-0.39, 0.29) is 0 Å². The SMILES string of the molecule is CCCCCCCCCCOc1ccc(N(C=O)C(N)=O)cc1. The summed E-state index contributed by atoms with van der Waals surface area (Å²) in [4.78, 5) is 22.7. The molecular weight excluding hydrogens is 292 g/mol. The molecule has 0 aliphatic carbocycles. The first-order chi connectivity index (χ1) is 11.2. The van der Waals surface area contributed by atoms with Gasteiger partial charge < -0.3 is 10.5 Å². The van der Waals surface area contributed by atoms with Crippen LogP contribution < -0.4 is 15.4 Å². The van der Waals surface area contributed by atoms with Crippen LogP contribution in [0.25, 0.3) is 0 Å². The zero-order chi connectivity index (χ0) is 16.9. The maximum Gasteiger partial charge on any atom is 0.325 e. The third-order valence-electron chi connectivity index (χ3n) is 3.72. The Labute approximate surface area is 138 Å². The highest BCUT2D eigenvalue weighted by atomic mass is 16.5. The molecule has 2 N–H and O–H groups in total. The van der Waals surface area contributed by atoms with E-state index in [9.17, 15) is 9.59 Å². The molecule has 0 saturated carbocycles. The van der Waals surface area contributed by atoms with E-state index in [2.05, 4.69) is 6.92 Å². The van der Waals surface area contributed by atoms with E-state index >= 15 is 0 Å². The van der Waals surface area contributed by atoms with E-state index in [0.29, 0.717) is 18.7 Å². The van der Waals surface area contributed by atoms with Gasteiger partial charge >= 0.3 is 6.03 Å². The van der Waals surface area contributed by atoms with Crippen molar-refractivity contribution in [3.8, 4) is 5.75 Å². The van der Waals surface area contributed by atoms with E-state index in [1.807, 2.05) is 0 Å². The molecule has 5 heteroatoms. The van der Waals surface area contributed by atoms with Gasteiger partial charge in [0.2, 0.25) is 6.41 Å². The molecular formula is C18H28N2O3. The van der Waals surface area contributed by atoms with Gasteiger partial charge in [0.15, 0.2) is 0 Å². The van der Waals surface area contributed by atoms with Crippen LogP contribution in [-0.4, -0.2) is 19.0 Å². The highest BCUT2D eigenvalue weighted by molar-refractivity contribution is 6.05. The van der Waals surface area contributed by atoms with Crippen molar-refractivity contribution in [2.75, 3.05) is 11.5 Å². The van der Waals surface area contributed by atoms with Gasteiger partial charge in [-0.05, 0) is 30.7 Å². The normalized spacial score (nSPS) is 10.3. The minimum absolute atomic E-state index is 0.401. The molecule has 0 aromatic heterocycles. The Bertz CT molecular complexity index is 460. The van der Waals surface area contributed by atoms with Gasteiger partial charge in [0.05, 0.1) is 12.3 Å². The zero-order valence-corrected chi connectivity index (χ0v) is 14.0. The minimum Gasteiger partial charge on any atom is -0.494 e. The number of rotatable bonds is 12. The number of urea groups is 1. The van der Waals surface area contributed by atoms with E-state index in [4.69, 9.17) is 10.5 Å². The molecule has 3 amide bonds. The Hall–Kier alpha value is -2.04. The molecule has 0 radical (unpaired) electrons. The number of ether oxygens (including phenoxy) is 1. The van der Waals surface area contributed by atoms with Gasteiger partial charge in [-0.1, -0.05) is 51.9 Å². The number of imide groups is 1. The predicted octanol–water partition coefficient (Wildman–Crippen LogP) is 4.25. The largest absolute Gasteiger partial charge is 0.494 e. The lowest BCUT2D eigenvalue weighted by molar-refractivity contribution is -0.106. The third-order valence-corrected chi connectivity index (χ3v) is 3.72. The van der Waals surface area contributed by atoms with Crippen LogP contribution in [0.4, 0.5) is 10.5 Å². The van der Waals surface area contributed by atoms with Crippen molar-refractivity contribution >= 4 is 18.1 Å². The Morgan fingerprint density at radius 3 is 2.13 bits per heavy atom. The molecule has 1 aromatic carbocycles. The van der Waals surface area contributed by atoms with Gasteiger partial charge in [-0.2, -0.15) is 0 Å². The molecule has 0 saturated heterocycles. The number of nitrogens with two attached hydrogens (primary N) is 1. The quantitative estimate of drug-likeness (QED) is 0.462. The van der Waals surface area contributed by atoms with Crippen LogP contribution in [0.3, 0.4) is 0 Å². The molecule has 0 atom stereocenters. The van der Waals surface area contributed by atoms with E-state index in [1.165, 1.54) is 44.9 Å². The van der Waals surface area contributed by atoms with Crippen molar-refractivity contribution in [2.24, 2.45) is 5.73 Å². The monoisotopic (exact) mass is 320 g/mol. The summed E-state index contributed by atoms with van der Waals surface area (Å²) in [7, 11) is 0. The van der Waals surface area contributed by atoms with Gasteiger partial charge in [-0.15, -0.1) is 0 Å². The van der Waals surface area contributed by atoms with E-state index < -0.39 is 6.03 Å². The van der Waals surface area contributed by atoms with Crippen LogP contribution >= 0.6 is 0 Å². The molecule has 1 aromatic rings. The van der Waals surface area contributed by atoms with Gasteiger partial charge in [0.1, 0.15) is 5.75 Å². The molecule has 0 aliphatic heterocycles. The number of hydrogen-bond donors (Lipinski definition) is 1. The van der Waals surface area contributed by atoms with Crippen LogP contribution in [0.1, 0.15) is 58.3 Å². The van der Waals surface area contributed by atoms with Crippen molar-refractivity contribution in [1.82, 2.24) is 0 Å². The summed E-state index contributed by atoms with van der Waals surface area (Å²) in [5, 5.41) is 0. The second-order valence-corrected chi connectivity index (χ2v) is 5.63. The Morgan fingerprint density at radius 2 is 1.61 bits per heavy atom. The number of primary amides is 1. The second-order valence-electron chi connectivity index (χ2n) is 5.63. The van der Waals surface area contributed by atoms with Crippen LogP contribution in [-0.2, 0) is 4.79 Å². The molecule has 0 aliphatic rings. The average molecular weight is 320 g/mol. The summed E-state index contributed by atoms with van der Waals surface area (Å²) in [5.41, 5.74) is 5.54. The molecule has 0 heterocycles. The number of nitrogens with zero attached hydrogens (tertiary/aromatic N) is 1. The number of unbranched alkanes of at least 4 members (excludes halogenated alkanes) is 7. The maximum absolute atomic E-state index is 11.1. The van der Waals surface area contributed by atoms with Crippen molar-refractivity contribution in [2.45, 2.75) is 58.3 Å². The summed E-state index contributed by atoms with van der Waals surface area (Å²) in [6, 6.07) is 5.95. The topological polar surface area (TPSA) is 72.6 Å². The molecule has 0 fully saturated rings. The lowest BCUT2D eigenvalue weighted by Gasteiger charge is -2.13. The van der Waals surface area contributed by atoms with Crippen molar-refractivity contribution in [1.29, 1.82) is 0 Å². The third kappa shape index (κ3) is 7.68. The second kappa shape index (κ2) is 11.5. The summed E-state index contributed by atoms with van der Waals surface area (Å²) in [5.74, 6) is 0.729. The average Bonchev–Trinajstić information content (AvgIpc) is 2.55. The number of anilines is 1. The van der Waals surface area contributed by atoms with E-state index in [0.717, 1.165) is 17.1 Å². The van der Waals surface area contributed by atoms with E-state index in [1.54, 1.807) is 24.3 Å². The van der Waals surface area contributed by atoms with Crippen molar-refractivity contribution in [3.05, 3.63) is 24.3 Å².